The van der Waals surface area contributed by atoms with Crippen molar-refractivity contribution in [3.05, 3.63) is 0 Å². The lowest BCUT2D eigenvalue weighted by molar-refractivity contribution is -0.312. The SMILES string of the molecule is CC#CC1(O)C(OCOCCCC)C(C)CCC1(OCOCCCC)C(C)(O)C#COCC. The predicted octanol–water partition coefficient (Wildman–Crippen LogP) is 3.61. The molecule has 0 aromatic heterocycles. The van der Waals surface area contributed by atoms with Crippen molar-refractivity contribution in [1.82, 2.24) is 0 Å². The van der Waals surface area contributed by atoms with Crippen LogP contribution in [0.2, 0.25) is 0 Å². The van der Waals surface area contributed by atoms with Crippen LogP contribution in [0.4, 0.5) is 0 Å². The lowest BCUT2D eigenvalue weighted by atomic mass is 9.60. The second kappa shape index (κ2) is 14.8. The highest BCUT2D eigenvalue weighted by Gasteiger charge is 2.68. The maximum absolute atomic E-state index is 12.1. The van der Waals surface area contributed by atoms with Crippen LogP contribution >= 0.6 is 0 Å². The van der Waals surface area contributed by atoms with Gasteiger partial charge in [-0.1, -0.05) is 39.5 Å². The molecule has 0 radical (unpaired) electrons. The number of rotatable bonds is 14. The molecule has 7 nitrogen and oxygen atoms in total. The first-order chi connectivity index (χ1) is 15.8. The van der Waals surface area contributed by atoms with E-state index in [1.165, 1.54) is 6.92 Å². The molecule has 0 aliphatic heterocycles. The van der Waals surface area contributed by atoms with Gasteiger partial charge in [0.05, 0.1) is 6.61 Å². The van der Waals surface area contributed by atoms with Gasteiger partial charge in [0.2, 0.25) is 0 Å². The van der Waals surface area contributed by atoms with Gasteiger partial charge in [-0.15, -0.1) is 5.92 Å². The van der Waals surface area contributed by atoms with Gasteiger partial charge in [0.25, 0.3) is 0 Å². The third-order valence-corrected chi connectivity index (χ3v) is 6.11. The summed E-state index contributed by atoms with van der Waals surface area (Å²) in [5.74, 6) is 8.41. The van der Waals surface area contributed by atoms with Crippen LogP contribution in [0, 0.1) is 29.8 Å². The van der Waals surface area contributed by atoms with Crippen LogP contribution in [0.3, 0.4) is 0 Å². The van der Waals surface area contributed by atoms with E-state index in [2.05, 4.69) is 37.7 Å². The standard InChI is InChI=1S/C26H44O7/c1-7-11-17-30-20-32-23-22(5)13-15-26(25(23,28)14-9-3,33-21-31-18-12-8-2)24(6,27)16-19-29-10-4/h22-23,27-28H,7-8,10-13,15,17-18,20-21H2,1-6H3. The largest absolute Gasteiger partial charge is 0.447 e. The van der Waals surface area contributed by atoms with Crippen LogP contribution in [0.5, 0.6) is 0 Å². The Morgan fingerprint density at radius 2 is 1.70 bits per heavy atom. The topological polar surface area (TPSA) is 86.6 Å². The molecular formula is C26H44O7. The van der Waals surface area contributed by atoms with Crippen LogP contribution in [0.15, 0.2) is 0 Å². The first kappa shape index (κ1) is 29.7. The van der Waals surface area contributed by atoms with E-state index >= 15 is 0 Å². The second-order valence-corrected chi connectivity index (χ2v) is 8.71. The fraction of sp³-hybridized carbons (Fsp3) is 0.846. The number of aliphatic hydroxyl groups is 2. The zero-order valence-corrected chi connectivity index (χ0v) is 21.4. The molecule has 5 atom stereocenters. The lowest BCUT2D eigenvalue weighted by Gasteiger charge is -2.56. The summed E-state index contributed by atoms with van der Waals surface area (Å²) in [5, 5.41) is 23.7. The molecule has 1 fully saturated rings. The van der Waals surface area contributed by atoms with E-state index in [-0.39, 0.29) is 19.5 Å². The van der Waals surface area contributed by atoms with E-state index in [1.807, 2.05) is 6.92 Å². The number of hydrogen-bond acceptors (Lipinski definition) is 7. The highest BCUT2D eigenvalue weighted by Crippen LogP contribution is 2.49. The molecule has 0 bridgehead atoms. The molecule has 2 N–H and O–H groups in total. The van der Waals surface area contributed by atoms with Crippen LogP contribution in [-0.4, -0.2) is 66.5 Å². The average Bonchev–Trinajstić information content (AvgIpc) is 2.77. The first-order valence-corrected chi connectivity index (χ1v) is 12.2. The minimum absolute atomic E-state index is 0.0125. The summed E-state index contributed by atoms with van der Waals surface area (Å²) in [7, 11) is 0. The van der Waals surface area contributed by atoms with Crippen molar-refractivity contribution < 1.29 is 33.9 Å². The first-order valence-electron chi connectivity index (χ1n) is 12.2. The minimum Gasteiger partial charge on any atom is -0.447 e. The molecule has 33 heavy (non-hydrogen) atoms. The lowest BCUT2D eigenvalue weighted by Crippen LogP contribution is -2.74. The van der Waals surface area contributed by atoms with Gasteiger partial charge in [0.1, 0.15) is 25.8 Å². The summed E-state index contributed by atoms with van der Waals surface area (Å²) in [6.07, 6.45) is 6.50. The Labute approximate surface area is 200 Å². The van der Waals surface area contributed by atoms with Crippen LogP contribution < -0.4 is 0 Å². The van der Waals surface area contributed by atoms with Gasteiger partial charge < -0.3 is 33.9 Å². The molecular weight excluding hydrogens is 424 g/mol. The van der Waals surface area contributed by atoms with Crippen LogP contribution in [0.1, 0.15) is 80.1 Å². The number of ether oxygens (including phenoxy) is 5. The van der Waals surface area contributed by atoms with Gasteiger partial charge in [-0.2, -0.15) is 0 Å². The Morgan fingerprint density at radius 3 is 2.27 bits per heavy atom. The molecule has 1 saturated carbocycles. The zero-order chi connectivity index (χ0) is 24.8. The van der Waals surface area contributed by atoms with E-state index < -0.39 is 22.9 Å². The molecule has 0 aromatic carbocycles. The average molecular weight is 469 g/mol. The van der Waals surface area contributed by atoms with Crippen LogP contribution in [0.25, 0.3) is 0 Å². The van der Waals surface area contributed by atoms with Crippen molar-refractivity contribution in [1.29, 1.82) is 0 Å². The van der Waals surface area contributed by atoms with Gasteiger partial charge in [-0.3, -0.25) is 0 Å². The monoisotopic (exact) mass is 468 g/mol. The molecule has 190 valence electrons. The quantitative estimate of drug-likeness (QED) is 0.229. The van der Waals surface area contributed by atoms with Crippen molar-refractivity contribution in [2.75, 3.05) is 33.4 Å². The Bertz CT molecular complexity index is 672. The Kier molecular flexibility index (Phi) is 13.4. The van der Waals surface area contributed by atoms with Gasteiger partial charge in [0.15, 0.2) is 16.8 Å². The molecule has 5 unspecified atom stereocenters. The Morgan fingerprint density at radius 1 is 1.06 bits per heavy atom. The summed E-state index contributed by atoms with van der Waals surface area (Å²) in [6.45, 7) is 12.4. The van der Waals surface area contributed by atoms with E-state index in [4.69, 9.17) is 23.7 Å². The summed E-state index contributed by atoms with van der Waals surface area (Å²) < 4.78 is 28.7. The van der Waals surface area contributed by atoms with Crippen molar-refractivity contribution in [3.63, 3.8) is 0 Å². The summed E-state index contributed by atoms with van der Waals surface area (Å²) in [4.78, 5) is 0. The molecule has 7 heteroatoms. The molecule has 0 heterocycles. The molecule has 0 saturated heterocycles. The molecule has 1 rings (SSSR count). The minimum atomic E-state index is -1.87. The molecule has 1 aliphatic carbocycles. The summed E-state index contributed by atoms with van der Waals surface area (Å²) >= 11 is 0. The van der Waals surface area contributed by atoms with E-state index in [1.54, 1.807) is 13.8 Å². The summed E-state index contributed by atoms with van der Waals surface area (Å²) in [5.41, 5.74) is -5.27. The van der Waals surface area contributed by atoms with Crippen molar-refractivity contribution >= 4 is 0 Å². The second-order valence-electron chi connectivity index (χ2n) is 8.71. The van der Waals surface area contributed by atoms with Crippen molar-refractivity contribution in [3.8, 4) is 23.9 Å². The Balaban J connectivity index is 3.35. The number of unbranched alkanes of at least 4 members (excludes halogenated alkanes) is 2. The third kappa shape index (κ3) is 7.59. The van der Waals surface area contributed by atoms with Gasteiger partial charge in [-0.25, -0.2) is 0 Å². The zero-order valence-electron chi connectivity index (χ0n) is 21.4. The molecule has 0 aromatic rings. The molecule has 0 amide bonds. The highest BCUT2D eigenvalue weighted by molar-refractivity contribution is 5.35. The van der Waals surface area contributed by atoms with Crippen molar-refractivity contribution in [2.45, 2.75) is 103 Å². The fourth-order valence-electron chi connectivity index (χ4n) is 4.18. The normalized spacial score (nSPS) is 28.7. The third-order valence-electron chi connectivity index (χ3n) is 6.11. The Hall–Kier alpha value is -1.32. The molecule has 1 aliphatic rings. The molecule has 0 spiro atoms. The predicted molar refractivity (Wildman–Crippen MR) is 127 cm³/mol. The van der Waals surface area contributed by atoms with E-state index in [9.17, 15) is 10.2 Å². The van der Waals surface area contributed by atoms with E-state index in [0.29, 0.717) is 32.7 Å². The van der Waals surface area contributed by atoms with Crippen molar-refractivity contribution in [2.24, 2.45) is 5.92 Å². The van der Waals surface area contributed by atoms with Gasteiger partial charge >= 0.3 is 0 Å². The maximum Gasteiger partial charge on any atom is 0.184 e. The highest BCUT2D eigenvalue weighted by atomic mass is 16.7. The van der Waals surface area contributed by atoms with Gasteiger partial charge in [-0.05, 0) is 58.3 Å². The summed E-state index contributed by atoms with van der Waals surface area (Å²) in [6, 6.07) is 0. The van der Waals surface area contributed by atoms with Gasteiger partial charge in [0, 0.05) is 13.2 Å². The smallest absolute Gasteiger partial charge is 0.184 e. The number of hydrogen-bond donors (Lipinski definition) is 2. The van der Waals surface area contributed by atoms with E-state index in [0.717, 1.165) is 25.7 Å². The fourth-order valence-corrected chi connectivity index (χ4v) is 4.18. The maximum atomic E-state index is 12.1. The van der Waals surface area contributed by atoms with Crippen LogP contribution in [-0.2, 0) is 23.7 Å².